The van der Waals surface area contributed by atoms with E-state index in [2.05, 4.69) is 16.0 Å². The minimum Gasteiger partial charge on any atom is -0.481 e. The third-order valence-electron chi connectivity index (χ3n) is 4.65. The van der Waals surface area contributed by atoms with Crippen LogP contribution in [0.4, 0.5) is 0 Å². The van der Waals surface area contributed by atoms with E-state index in [0.717, 1.165) is 0 Å². The number of hydrogen-bond acceptors (Lipinski definition) is 9. The molecule has 0 saturated heterocycles. The Morgan fingerprint density at radius 1 is 0.676 bits per heavy atom. The van der Waals surface area contributed by atoms with Crippen molar-refractivity contribution in [3.05, 3.63) is 0 Å². The number of rotatable bonds is 18. The Balaban J connectivity index is 5.53. The SMILES string of the molecule is NCCCCC(NC(=O)C(CCC(=O)O)NC(=O)C(CCC(=O)O)NC(=O)C(N)CO)C(=O)O. The molecule has 0 aromatic heterocycles. The van der Waals surface area contributed by atoms with E-state index in [1.165, 1.54) is 0 Å². The first-order chi connectivity index (χ1) is 15.9. The van der Waals surface area contributed by atoms with E-state index in [-0.39, 0.29) is 6.42 Å². The Labute approximate surface area is 195 Å². The van der Waals surface area contributed by atoms with Gasteiger partial charge in [0.05, 0.1) is 6.61 Å². The fourth-order valence-electron chi connectivity index (χ4n) is 2.73. The van der Waals surface area contributed by atoms with Gasteiger partial charge < -0.3 is 47.8 Å². The summed E-state index contributed by atoms with van der Waals surface area (Å²) in [6.45, 7) is -0.426. The normalized spacial score (nSPS) is 14.2. The zero-order valence-corrected chi connectivity index (χ0v) is 18.6. The first kappa shape index (κ1) is 30.7. The van der Waals surface area contributed by atoms with Crippen LogP contribution in [-0.2, 0) is 28.8 Å². The molecular formula is C19H33N5O10. The largest absolute Gasteiger partial charge is 0.481 e. The number of aliphatic hydroxyl groups excluding tert-OH is 1. The van der Waals surface area contributed by atoms with Crippen LogP contribution in [0.25, 0.3) is 0 Å². The van der Waals surface area contributed by atoms with E-state index < -0.39 is 92.1 Å². The maximum atomic E-state index is 12.7. The van der Waals surface area contributed by atoms with Crippen molar-refractivity contribution < 1.29 is 49.2 Å². The molecule has 0 saturated carbocycles. The lowest BCUT2D eigenvalue weighted by atomic mass is 10.1. The molecule has 0 aliphatic carbocycles. The Bertz CT molecular complexity index is 732. The first-order valence-corrected chi connectivity index (χ1v) is 10.6. The third kappa shape index (κ3) is 12.7. The van der Waals surface area contributed by atoms with E-state index >= 15 is 0 Å². The van der Waals surface area contributed by atoms with Gasteiger partial charge in [-0.2, -0.15) is 0 Å². The fraction of sp³-hybridized carbons (Fsp3) is 0.684. The van der Waals surface area contributed by atoms with Gasteiger partial charge in [-0.25, -0.2) is 4.79 Å². The predicted octanol–water partition coefficient (Wildman–Crippen LogP) is -3.30. The Morgan fingerprint density at radius 3 is 1.50 bits per heavy atom. The molecule has 0 aliphatic heterocycles. The lowest BCUT2D eigenvalue weighted by Crippen LogP contribution is -2.57. The number of amides is 3. The summed E-state index contributed by atoms with van der Waals surface area (Å²) in [6.07, 6.45) is -0.930. The zero-order valence-electron chi connectivity index (χ0n) is 18.6. The number of carbonyl (C=O) groups excluding carboxylic acids is 3. The van der Waals surface area contributed by atoms with Crippen LogP contribution >= 0.6 is 0 Å². The summed E-state index contributed by atoms with van der Waals surface area (Å²) in [6, 6.07) is -5.67. The van der Waals surface area contributed by atoms with Crippen LogP contribution in [0.1, 0.15) is 44.9 Å². The predicted molar refractivity (Wildman–Crippen MR) is 115 cm³/mol. The van der Waals surface area contributed by atoms with Crippen LogP contribution in [0.15, 0.2) is 0 Å². The average molecular weight is 491 g/mol. The molecule has 0 aromatic rings. The first-order valence-electron chi connectivity index (χ1n) is 10.6. The van der Waals surface area contributed by atoms with Gasteiger partial charge in [-0.05, 0) is 38.6 Å². The van der Waals surface area contributed by atoms with Gasteiger partial charge in [-0.3, -0.25) is 24.0 Å². The molecule has 0 fully saturated rings. The highest BCUT2D eigenvalue weighted by molar-refractivity contribution is 5.94. The molecule has 34 heavy (non-hydrogen) atoms. The van der Waals surface area contributed by atoms with Crippen molar-refractivity contribution in [3.8, 4) is 0 Å². The van der Waals surface area contributed by atoms with E-state index in [0.29, 0.717) is 19.4 Å². The van der Waals surface area contributed by atoms with Crippen molar-refractivity contribution in [2.45, 2.75) is 69.1 Å². The second-order valence-electron chi connectivity index (χ2n) is 7.46. The van der Waals surface area contributed by atoms with Gasteiger partial charge in [-0.15, -0.1) is 0 Å². The van der Waals surface area contributed by atoms with Gasteiger partial charge >= 0.3 is 17.9 Å². The molecule has 0 rings (SSSR count). The molecule has 0 aliphatic rings. The maximum Gasteiger partial charge on any atom is 0.326 e. The van der Waals surface area contributed by atoms with Gasteiger partial charge in [0.15, 0.2) is 0 Å². The number of nitrogens with one attached hydrogen (secondary N) is 3. The van der Waals surface area contributed by atoms with Crippen LogP contribution in [0, 0.1) is 0 Å². The maximum absolute atomic E-state index is 12.7. The summed E-state index contributed by atoms with van der Waals surface area (Å²) in [7, 11) is 0. The smallest absolute Gasteiger partial charge is 0.326 e. The van der Waals surface area contributed by atoms with Crippen LogP contribution < -0.4 is 27.4 Å². The quantitative estimate of drug-likeness (QED) is 0.0853. The highest BCUT2D eigenvalue weighted by atomic mass is 16.4. The Hall–Kier alpha value is -3.30. The van der Waals surface area contributed by atoms with Crippen molar-refractivity contribution in [2.75, 3.05) is 13.2 Å². The number of carboxylic acid groups (broad SMARTS) is 3. The lowest BCUT2D eigenvalue weighted by Gasteiger charge is -2.24. The van der Waals surface area contributed by atoms with E-state index in [9.17, 15) is 33.9 Å². The van der Waals surface area contributed by atoms with E-state index in [1.807, 2.05) is 0 Å². The minimum atomic E-state index is -1.49. The van der Waals surface area contributed by atoms with Crippen molar-refractivity contribution in [1.29, 1.82) is 0 Å². The number of unbranched alkanes of at least 4 members (excludes halogenated alkanes) is 1. The van der Waals surface area contributed by atoms with Crippen LogP contribution in [0.5, 0.6) is 0 Å². The summed E-state index contributed by atoms with van der Waals surface area (Å²) < 4.78 is 0. The lowest BCUT2D eigenvalue weighted by molar-refractivity contribution is -0.143. The second kappa shape index (κ2) is 16.3. The molecule has 15 heteroatoms. The second-order valence-corrected chi connectivity index (χ2v) is 7.46. The van der Waals surface area contributed by atoms with E-state index in [1.54, 1.807) is 0 Å². The van der Waals surface area contributed by atoms with Crippen LogP contribution in [-0.4, -0.2) is 93.4 Å². The number of aliphatic carboxylic acids is 3. The summed E-state index contributed by atoms with van der Waals surface area (Å²) in [5.41, 5.74) is 10.8. The Morgan fingerprint density at radius 2 is 1.12 bits per heavy atom. The average Bonchev–Trinajstić information content (AvgIpc) is 2.77. The van der Waals surface area contributed by atoms with Crippen molar-refractivity contribution in [2.24, 2.45) is 11.5 Å². The Kier molecular flexibility index (Phi) is 14.7. The van der Waals surface area contributed by atoms with Crippen molar-refractivity contribution in [3.63, 3.8) is 0 Å². The van der Waals surface area contributed by atoms with Crippen LogP contribution in [0.3, 0.4) is 0 Å². The molecule has 0 spiro atoms. The van der Waals surface area contributed by atoms with Gasteiger partial charge in [-0.1, -0.05) is 0 Å². The summed E-state index contributed by atoms with van der Waals surface area (Å²) in [4.78, 5) is 70.7. The minimum absolute atomic E-state index is 0.0498. The molecule has 0 radical (unpaired) electrons. The van der Waals surface area contributed by atoms with E-state index in [4.69, 9.17) is 26.8 Å². The standard InChI is InChI=1S/C19H33N5O10/c20-8-2-1-3-13(19(33)34)24-18(32)12(5-7-15(28)29)23-17(31)11(4-6-14(26)27)22-16(30)10(21)9-25/h10-13,25H,1-9,20-21H2,(H,22,30)(H,23,31)(H,24,32)(H,26,27)(H,28,29)(H,33,34). The zero-order chi connectivity index (χ0) is 26.3. The number of aliphatic hydroxyl groups is 1. The van der Waals surface area contributed by atoms with Gasteiger partial charge in [0.25, 0.3) is 0 Å². The van der Waals surface area contributed by atoms with Gasteiger partial charge in [0.1, 0.15) is 24.2 Å². The molecule has 194 valence electrons. The molecule has 0 bridgehead atoms. The molecule has 0 aromatic carbocycles. The van der Waals surface area contributed by atoms with Gasteiger partial charge in [0, 0.05) is 12.8 Å². The molecule has 0 heterocycles. The monoisotopic (exact) mass is 491 g/mol. The van der Waals surface area contributed by atoms with Gasteiger partial charge in [0.2, 0.25) is 17.7 Å². The topological polar surface area (TPSA) is 271 Å². The summed E-state index contributed by atoms with van der Waals surface area (Å²) in [5, 5.41) is 42.8. The molecule has 11 N–H and O–H groups in total. The fourth-order valence-corrected chi connectivity index (χ4v) is 2.73. The number of nitrogens with two attached hydrogens (primary N) is 2. The molecule has 15 nitrogen and oxygen atoms in total. The summed E-state index contributed by atoms with van der Waals surface area (Å²) >= 11 is 0. The summed E-state index contributed by atoms with van der Waals surface area (Å²) in [5.74, 6) is -6.83. The number of hydrogen-bond donors (Lipinski definition) is 9. The molecule has 4 unspecified atom stereocenters. The number of carboxylic acids is 3. The molecule has 3 amide bonds. The molecular weight excluding hydrogens is 458 g/mol. The van der Waals surface area contributed by atoms with Crippen LogP contribution in [0.2, 0.25) is 0 Å². The number of carbonyl (C=O) groups is 6. The highest BCUT2D eigenvalue weighted by Gasteiger charge is 2.30. The van der Waals surface area contributed by atoms with Crippen molar-refractivity contribution >= 4 is 35.6 Å². The van der Waals surface area contributed by atoms with Crippen molar-refractivity contribution in [1.82, 2.24) is 16.0 Å². The third-order valence-corrected chi connectivity index (χ3v) is 4.65. The molecule has 4 atom stereocenters. The highest BCUT2D eigenvalue weighted by Crippen LogP contribution is 2.06.